The molecule has 0 atom stereocenters. The Labute approximate surface area is 134 Å². The zero-order valence-corrected chi connectivity index (χ0v) is 12.8. The molecule has 0 aliphatic heterocycles. The summed E-state index contributed by atoms with van der Waals surface area (Å²) in [5, 5.41) is 9.35. The van der Waals surface area contributed by atoms with Crippen LogP contribution in [0.1, 0.15) is 34.7 Å². The van der Waals surface area contributed by atoms with E-state index in [0.717, 1.165) is 12.2 Å². The Kier molecular flexibility index (Phi) is 3.58. The van der Waals surface area contributed by atoms with Crippen molar-refractivity contribution >= 4 is 16.7 Å². The fraction of sp³-hybridized carbons (Fsp3) is 0.263. The van der Waals surface area contributed by atoms with Gasteiger partial charge in [0.15, 0.2) is 0 Å². The number of benzene rings is 2. The zero-order valence-electron chi connectivity index (χ0n) is 12.8. The maximum absolute atomic E-state index is 12.0. The van der Waals surface area contributed by atoms with Crippen LogP contribution in [0.4, 0.5) is 0 Å². The Hall–Kier alpha value is -2.62. The van der Waals surface area contributed by atoms with Gasteiger partial charge in [0.1, 0.15) is 0 Å². The van der Waals surface area contributed by atoms with Crippen LogP contribution < -0.4 is 5.32 Å². The quantitative estimate of drug-likeness (QED) is 0.784. The molecule has 1 fully saturated rings. The van der Waals surface area contributed by atoms with Gasteiger partial charge in [0.2, 0.25) is 5.76 Å². The predicted octanol–water partition coefficient (Wildman–Crippen LogP) is 3.56. The van der Waals surface area contributed by atoms with Crippen LogP contribution in [-0.4, -0.2) is 17.6 Å². The third kappa shape index (κ3) is 3.11. The summed E-state index contributed by atoms with van der Waals surface area (Å²) in [6.07, 6.45) is 3.08. The normalized spacial score (nSPS) is 14.1. The monoisotopic (exact) mass is 306 g/mol. The molecule has 1 aliphatic carbocycles. The van der Waals surface area contributed by atoms with Crippen LogP contribution >= 0.6 is 0 Å². The number of nitrogens with zero attached hydrogens (tertiary/aromatic N) is 1. The number of fused-ring (bicyclic) bond motifs is 1. The number of amides is 1. The molecule has 4 nitrogen and oxygen atoms in total. The molecule has 1 saturated carbocycles. The van der Waals surface area contributed by atoms with E-state index in [-0.39, 0.29) is 5.91 Å². The van der Waals surface area contributed by atoms with Crippen LogP contribution in [0.5, 0.6) is 0 Å². The van der Waals surface area contributed by atoms with Crippen molar-refractivity contribution in [3.8, 4) is 0 Å². The van der Waals surface area contributed by atoms with Crippen molar-refractivity contribution in [1.29, 1.82) is 0 Å². The number of hydrogen-bond donors (Lipinski definition) is 1. The molecule has 1 heterocycles. The van der Waals surface area contributed by atoms with Crippen molar-refractivity contribution in [1.82, 2.24) is 10.5 Å². The van der Waals surface area contributed by atoms with Gasteiger partial charge in [-0.3, -0.25) is 4.79 Å². The van der Waals surface area contributed by atoms with E-state index in [2.05, 4.69) is 34.7 Å². The van der Waals surface area contributed by atoms with Crippen molar-refractivity contribution in [3.05, 3.63) is 65.5 Å². The van der Waals surface area contributed by atoms with Crippen molar-refractivity contribution in [2.75, 3.05) is 6.54 Å². The van der Waals surface area contributed by atoms with E-state index in [4.69, 9.17) is 4.52 Å². The van der Waals surface area contributed by atoms with E-state index >= 15 is 0 Å². The lowest BCUT2D eigenvalue weighted by atomic mass is 10.0. The number of nitrogens with one attached hydrogen (secondary N) is 1. The average Bonchev–Trinajstić information content (AvgIpc) is 3.30. The molecular formula is C19H18N2O2. The van der Waals surface area contributed by atoms with Crippen LogP contribution in [0.3, 0.4) is 0 Å². The summed E-state index contributed by atoms with van der Waals surface area (Å²) >= 11 is 0. The first kappa shape index (κ1) is 14.0. The standard InChI is InChI=1S/C19H18N2O2/c22-19(20-12-13-8-9-13)18-11-16(21-23-18)10-15-6-3-5-14-4-1-2-7-17(14)15/h1-7,11,13H,8-10,12H2,(H,20,22). The second kappa shape index (κ2) is 5.88. The van der Waals surface area contributed by atoms with Gasteiger partial charge in [-0.25, -0.2) is 0 Å². The van der Waals surface area contributed by atoms with Crippen LogP contribution in [0.2, 0.25) is 0 Å². The minimum absolute atomic E-state index is 0.173. The smallest absolute Gasteiger partial charge is 0.289 e. The molecule has 2 aromatic carbocycles. The van der Waals surface area contributed by atoms with E-state index in [9.17, 15) is 4.79 Å². The molecule has 0 spiro atoms. The number of rotatable bonds is 5. The highest BCUT2D eigenvalue weighted by molar-refractivity contribution is 5.91. The molecular weight excluding hydrogens is 288 g/mol. The summed E-state index contributed by atoms with van der Waals surface area (Å²) in [4.78, 5) is 12.0. The van der Waals surface area contributed by atoms with Gasteiger partial charge in [0.25, 0.3) is 5.91 Å². The molecule has 1 aliphatic rings. The number of carbonyl (C=O) groups is 1. The lowest BCUT2D eigenvalue weighted by molar-refractivity contribution is 0.0915. The van der Waals surface area contributed by atoms with Crippen molar-refractivity contribution < 1.29 is 9.32 Å². The Morgan fingerprint density at radius 2 is 2.00 bits per heavy atom. The Morgan fingerprint density at radius 3 is 2.87 bits per heavy atom. The number of carbonyl (C=O) groups excluding carboxylic acids is 1. The average molecular weight is 306 g/mol. The van der Waals surface area contributed by atoms with Gasteiger partial charge in [-0.15, -0.1) is 0 Å². The molecule has 0 unspecified atom stereocenters. The molecule has 3 aromatic rings. The van der Waals surface area contributed by atoms with Crippen LogP contribution in [0, 0.1) is 5.92 Å². The highest BCUT2D eigenvalue weighted by atomic mass is 16.5. The molecule has 116 valence electrons. The van der Waals surface area contributed by atoms with Crippen LogP contribution in [0.25, 0.3) is 10.8 Å². The van der Waals surface area contributed by atoms with Crippen LogP contribution in [-0.2, 0) is 6.42 Å². The topological polar surface area (TPSA) is 55.1 Å². The Bertz CT molecular complexity index is 844. The molecule has 0 bridgehead atoms. The van der Waals surface area contributed by atoms with Crippen molar-refractivity contribution in [2.45, 2.75) is 19.3 Å². The molecule has 0 radical (unpaired) electrons. The first-order valence-corrected chi connectivity index (χ1v) is 8.00. The third-order valence-corrected chi connectivity index (χ3v) is 4.28. The number of hydrogen-bond acceptors (Lipinski definition) is 3. The highest BCUT2D eigenvalue weighted by Crippen LogP contribution is 2.27. The molecule has 4 heteroatoms. The lowest BCUT2D eigenvalue weighted by Crippen LogP contribution is -2.25. The van der Waals surface area contributed by atoms with Crippen LogP contribution in [0.15, 0.2) is 53.1 Å². The van der Waals surface area contributed by atoms with E-state index < -0.39 is 0 Å². The predicted molar refractivity (Wildman–Crippen MR) is 88.3 cm³/mol. The summed E-state index contributed by atoms with van der Waals surface area (Å²) in [6, 6.07) is 16.2. The molecule has 1 N–H and O–H groups in total. The minimum Gasteiger partial charge on any atom is -0.351 e. The van der Waals surface area contributed by atoms with E-state index in [1.165, 1.54) is 29.2 Å². The fourth-order valence-electron chi connectivity index (χ4n) is 2.79. The fourth-order valence-corrected chi connectivity index (χ4v) is 2.79. The lowest BCUT2D eigenvalue weighted by Gasteiger charge is -2.04. The zero-order chi connectivity index (χ0) is 15.6. The first-order chi connectivity index (χ1) is 11.3. The van der Waals surface area contributed by atoms with Crippen molar-refractivity contribution in [2.24, 2.45) is 5.92 Å². The van der Waals surface area contributed by atoms with Gasteiger partial charge in [-0.05, 0) is 35.1 Å². The maximum Gasteiger partial charge on any atom is 0.289 e. The maximum atomic E-state index is 12.0. The molecule has 23 heavy (non-hydrogen) atoms. The molecule has 1 aromatic heterocycles. The molecule has 1 amide bonds. The SMILES string of the molecule is O=C(NCC1CC1)c1cc(Cc2cccc3ccccc23)no1. The first-order valence-electron chi connectivity index (χ1n) is 8.00. The van der Waals surface area contributed by atoms with Gasteiger partial charge in [-0.2, -0.15) is 0 Å². The van der Waals surface area contributed by atoms with Gasteiger partial charge in [0, 0.05) is 19.0 Å². The van der Waals surface area contributed by atoms with E-state index in [1.54, 1.807) is 6.07 Å². The van der Waals surface area contributed by atoms with Gasteiger partial charge >= 0.3 is 0 Å². The molecule has 0 saturated heterocycles. The Balaban J connectivity index is 1.51. The van der Waals surface area contributed by atoms with E-state index in [0.29, 0.717) is 18.1 Å². The van der Waals surface area contributed by atoms with Gasteiger partial charge in [-0.1, -0.05) is 47.6 Å². The summed E-state index contributed by atoms with van der Waals surface area (Å²) in [7, 11) is 0. The second-order valence-electron chi connectivity index (χ2n) is 6.15. The van der Waals surface area contributed by atoms with E-state index in [1.807, 2.05) is 18.2 Å². The summed E-state index contributed by atoms with van der Waals surface area (Å²) in [5.41, 5.74) is 1.96. The molecule has 4 rings (SSSR count). The minimum atomic E-state index is -0.173. The summed E-state index contributed by atoms with van der Waals surface area (Å²) in [5.74, 6) is 0.770. The third-order valence-electron chi connectivity index (χ3n) is 4.28. The highest BCUT2D eigenvalue weighted by Gasteiger charge is 2.23. The number of aromatic nitrogens is 1. The largest absolute Gasteiger partial charge is 0.351 e. The van der Waals surface area contributed by atoms with Gasteiger partial charge < -0.3 is 9.84 Å². The summed E-state index contributed by atoms with van der Waals surface area (Å²) in [6.45, 7) is 0.734. The Morgan fingerprint density at radius 1 is 1.17 bits per heavy atom. The summed E-state index contributed by atoms with van der Waals surface area (Å²) < 4.78 is 5.20. The van der Waals surface area contributed by atoms with Gasteiger partial charge in [0.05, 0.1) is 5.69 Å². The second-order valence-corrected chi connectivity index (χ2v) is 6.15. The van der Waals surface area contributed by atoms with Crippen molar-refractivity contribution in [3.63, 3.8) is 0 Å².